The summed E-state index contributed by atoms with van der Waals surface area (Å²) in [5.41, 5.74) is 6.53. The van der Waals surface area contributed by atoms with Crippen molar-refractivity contribution >= 4 is 41.3 Å². The van der Waals surface area contributed by atoms with E-state index in [9.17, 15) is 28.8 Å². The summed E-state index contributed by atoms with van der Waals surface area (Å²) < 4.78 is 10.9. The van der Waals surface area contributed by atoms with Crippen LogP contribution in [0.2, 0.25) is 0 Å². The van der Waals surface area contributed by atoms with Crippen molar-refractivity contribution in [1.29, 1.82) is 0 Å². The first-order chi connectivity index (χ1) is 24.3. The van der Waals surface area contributed by atoms with Crippen molar-refractivity contribution < 1.29 is 38.2 Å². The molecule has 2 unspecified atom stereocenters. The summed E-state index contributed by atoms with van der Waals surface area (Å²) in [5, 5.41) is 10.9. The Hall–Kier alpha value is -4.64. The van der Waals surface area contributed by atoms with Crippen LogP contribution in [0.4, 0.5) is 10.5 Å². The van der Waals surface area contributed by atoms with Gasteiger partial charge in [0.1, 0.15) is 31.4 Å². The molecule has 0 aliphatic heterocycles. The molecule has 0 aromatic heterocycles. The van der Waals surface area contributed by atoms with Gasteiger partial charge in [-0.3, -0.25) is 28.9 Å². The molecule has 0 saturated carbocycles. The van der Waals surface area contributed by atoms with Gasteiger partial charge in [0.25, 0.3) is 0 Å². The summed E-state index contributed by atoms with van der Waals surface area (Å²) >= 11 is 0. The third-order valence-electron chi connectivity index (χ3n) is 8.27. The second-order valence-corrected chi connectivity index (χ2v) is 13.4. The lowest BCUT2D eigenvalue weighted by atomic mass is 10.0. The molecule has 0 spiro atoms. The molecule has 0 fully saturated rings. The highest BCUT2D eigenvalue weighted by Crippen LogP contribution is 2.14. The van der Waals surface area contributed by atoms with Gasteiger partial charge in [0.15, 0.2) is 0 Å². The second kappa shape index (κ2) is 23.0. The average molecular weight is 713 g/mol. The molecular weight excluding hydrogens is 656 g/mol. The number of nitrogens with zero attached hydrogens (tertiary/aromatic N) is 1. The zero-order chi connectivity index (χ0) is 37.8. The molecule has 0 saturated heterocycles. The first kappa shape index (κ1) is 42.5. The first-order valence-corrected chi connectivity index (χ1v) is 17.8. The Bertz CT molecular complexity index is 1370. The maximum atomic E-state index is 12.8. The van der Waals surface area contributed by atoms with Crippen molar-refractivity contribution in [2.75, 3.05) is 32.1 Å². The van der Waals surface area contributed by atoms with E-state index in [1.54, 1.807) is 52.0 Å². The van der Waals surface area contributed by atoms with Crippen molar-refractivity contribution in [2.45, 2.75) is 110 Å². The minimum absolute atomic E-state index is 0.0187. The van der Waals surface area contributed by atoms with Crippen LogP contribution >= 0.6 is 0 Å². The normalized spacial score (nSPS) is 15.2. The monoisotopic (exact) mass is 712 g/mol. The van der Waals surface area contributed by atoms with Gasteiger partial charge in [0, 0.05) is 32.1 Å². The van der Waals surface area contributed by atoms with Crippen LogP contribution in [0, 0.1) is 23.7 Å². The molecule has 0 bridgehead atoms. The summed E-state index contributed by atoms with van der Waals surface area (Å²) in [6.45, 7) is 7.28. The molecule has 1 aliphatic rings. The van der Waals surface area contributed by atoms with Crippen molar-refractivity contribution in [3.05, 3.63) is 29.8 Å². The fourth-order valence-electron chi connectivity index (χ4n) is 5.42. The molecule has 14 heteroatoms. The summed E-state index contributed by atoms with van der Waals surface area (Å²) in [6.07, 6.45) is 6.39. The topological polar surface area (TPSA) is 198 Å². The molecule has 2 rings (SSSR count). The van der Waals surface area contributed by atoms with Crippen molar-refractivity contribution in [1.82, 2.24) is 20.9 Å². The second-order valence-electron chi connectivity index (χ2n) is 13.4. The van der Waals surface area contributed by atoms with Crippen molar-refractivity contribution in [3.63, 3.8) is 0 Å². The molecule has 14 nitrogen and oxygen atoms in total. The Morgan fingerprint density at radius 1 is 0.902 bits per heavy atom. The lowest BCUT2D eigenvalue weighted by Crippen LogP contribution is -2.51. The van der Waals surface area contributed by atoms with Crippen LogP contribution < -0.4 is 27.0 Å². The lowest BCUT2D eigenvalue weighted by molar-refractivity contribution is -0.130. The van der Waals surface area contributed by atoms with Crippen LogP contribution in [0.5, 0.6) is 0 Å². The van der Waals surface area contributed by atoms with Gasteiger partial charge in [-0.15, -0.1) is 5.92 Å². The SMILES string of the molecule is CC(C)C(NC(=O)CCCCCNC(=O)COC1C#CCCCCC1)C(=O)NCC(=O)Nc1ccc(COC(=O)N(C)[C@H](C(N)=O)C(C)C)cc1. The van der Waals surface area contributed by atoms with Crippen molar-refractivity contribution in [2.24, 2.45) is 17.6 Å². The van der Waals surface area contributed by atoms with E-state index >= 15 is 0 Å². The number of rotatable bonds is 20. The number of benzene rings is 1. The highest BCUT2D eigenvalue weighted by atomic mass is 16.6. The number of nitrogens with two attached hydrogens (primary N) is 1. The van der Waals surface area contributed by atoms with E-state index < -0.39 is 35.9 Å². The predicted molar refractivity (Wildman–Crippen MR) is 193 cm³/mol. The Balaban J connectivity index is 1.65. The number of ether oxygens (including phenoxy) is 2. The molecule has 0 radical (unpaired) electrons. The molecule has 3 atom stereocenters. The molecule has 6 amide bonds. The highest BCUT2D eigenvalue weighted by Gasteiger charge is 2.29. The number of likely N-dealkylation sites (N-methyl/N-ethyl adjacent to an activating group) is 1. The zero-order valence-corrected chi connectivity index (χ0v) is 30.7. The number of carbonyl (C=O) groups excluding carboxylic acids is 6. The van der Waals surface area contributed by atoms with E-state index in [4.69, 9.17) is 15.2 Å². The third-order valence-corrected chi connectivity index (χ3v) is 8.27. The van der Waals surface area contributed by atoms with E-state index in [1.165, 1.54) is 11.9 Å². The molecule has 51 heavy (non-hydrogen) atoms. The maximum Gasteiger partial charge on any atom is 0.410 e. The average Bonchev–Trinajstić information content (AvgIpc) is 3.06. The number of primary amides is 1. The summed E-state index contributed by atoms with van der Waals surface area (Å²) in [5.74, 6) is 3.78. The molecule has 1 aliphatic carbocycles. The number of hydrogen-bond donors (Lipinski definition) is 5. The smallest absolute Gasteiger partial charge is 0.410 e. The van der Waals surface area contributed by atoms with E-state index in [2.05, 4.69) is 33.1 Å². The van der Waals surface area contributed by atoms with Crippen LogP contribution in [0.25, 0.3) is 0 Å². The number of nitrogens with one attached hydrogen (secondary N) is 4. The first-order valence-electron chi connectivity index (χ1n) is 17.8. The number of unbranched alkanes of at least 4 members (excludes halogenated alkanes) is 2. The van der Waals surface area contributed by atoms with Crippen LogP contribution in [0.1, 0.15) is 91.0 Å². The van der Waals surface area contributed by atoms with Gasteiger partial charge in [0.05, 0.1) is 6.54 Å². The van der Waals surface area contributed by atoms with E-state index in [-0.39, 0.29) is 55.9 Å². The largest absolute Gasteiger partial charge is 0.445 e. The third kappa shape index (κ3) is 16.7. The standard InChI is InChI=1S/C37H56N6O8/c1-25(2)33(42-30(44)16-12-9-13-21-39-32(46)24-50-29-14-10-7-6-8-11-15-29)36(48)40-22-31(45)41-28-19-17-27(18-20-28)23-51-37(49)43(5)34(26(3)4)35(38)47/h17-20,25-26,29,33-34H,6-10,12-14,16,21-24H2,1-5H3,(H2,38,47)(H,39,46)(H,40,48)(H,41,45)(H,42,44)/t29?,33?,34-/m0/s1. The molecule has 282 valence electrons. The zero-order valence-electron chi connectivity index (χ0n) is 30.7. The number of anilines is 1. The Labute approximate surface area is 301 Å². The summed E-state index contributed by atoms with van der Waals surface area (Å²) in [6, 6.07) is 4.98. The van der Waals surface area contributed by atoms with E-state index in [0.717, 1.165) is 38.5 Å². The van der Waals surface area contributed by atoms with E-state index in [0.29, 0.717) is 30.6 Å². The van der Waals surface area contributed by atoms with Gasteiger partial charge >= 0.3 is 6.09 Å². The maximum absolute atomic E-state index is 12.8. The van der Waals surface area contributed by atoms with Crippen LogP contribution in [0.3, 0.4) is 0 Å². The van der Waals surface area contributed by atoms with Crippen molar-refractivity contribution in [3.8, 4) is 11.8 Å². The van der Waals surface area contributed by atoms with Gasteiger partial charge in [-0.2, -0.15) is 0 Å². The fraction of sp³-hybridized carbons (Fsp3) is 0.622. The van der Waals surface area contributed by atoms with E-state index in [1.807, 2.05) is 0 Å². The summed E-state index contributed by atoms with van der Waals surface area (Å²) in [4.78, 5) is 75.3. The molecule has 0 heterocycles. The molecule has 6 N–H and O–H groups in total. The minimum atomic E-state index is -0.813. The minimum Gasteiger partial charge on any atom is -0.445 e. The van der Waals surface area contributed by atoms with Crippen LogP contribution in [-0.2, 0) is 40.1 Å². The van der Waals surface area contributed by atoms with Gasteiger partial charge in [0.2, 0.25) is 29.5 Å². The molecule has 1 aromatic carbocycles. The number of amides is 6. The van der Waals surface area contributed by atoms with Crippen LogP contribution in [0.15, 0.2) is 24.3 Å². The number of carbonyl (C=O) groups is 6. The Morgan fingerprint density at radius 2 is 1.63 bits per heavy atom. The number of hydrogen-bond acceptors (Lipinski definition) is 8. The highest BCUT2D eigenvalue weighted by molar-refractivity contribution is 5.96. The van der Waals surface area contributed by atoms with Crippen LogP contribution in [-0.4, -0.2) is 85.5 Å². The van der Waals surface area contributed by atoms with Gasteiger partial charge in [-0.05, 0) is 61.6 Å². The quantitative estimate of drug-likeness (QED) is 0.100. The van der Waals surface area contributed by atoms with Gasteiger partial charge < -0.3 is 36.5 Å². The fourth-order valence-corrected chi connectivity index (χ4v) is 5.42. The Kier molecular flexibility index (Phi) is 19.1. The Morgan fingerprint density at radius 3 is 2.29 bits per heavy atom. The summed E-state index contributed by atoms with van der Waals surface area (Å²) in [7, 11) is 1.45. The molecule has 1 aromatic rings. The predicted octanol–water partition coefficient (Wildman–Crippen LogP) is 2.99. The van der Waals surface area contributed by atoms with Gasteiger partial charge in [-0.1, -0.05) is 58.6 Å². The lowest BCUT2D eigenvalue weighted by Gasteiger charge is -2.27. The van der Waals surface area contributed by atoms with Gasteiger partial charge in [-0.25, -0.2) is 4.79 Å². The molecular formula is C37H56N6O8.